The van der Waals surface area contributed by atoms with Crippen LogP contribution < -0.4 is 20.1 Å². The van der Waals surface area contributed by atoms with E-state index < -0.39 is 21.8 Å². The molecule has 12 heteroatoms. The number of rotatable bonds is 11. The van der Waals surface area contributed by atoms with Gasteiger partial charge in [-0.2, -0.15) is 13.2 Å². The van der Waals surface area contributed by atoms with Gasteiger partial charge in [-0.15, -0.1) is 0 Å². The van der Waals surface area contributed by atoms with Crippen molar-refractivity contribution in [3.8, 4) is 5.75 Å². The number of halogens is 3. The molecule has 8 nitrogen and oxygen atoms in total. The Balaban J connectivity index is 1.89. The normalized spacial score (nSPS) is 12.0. The second-order valence-electron chi connectivity index (χ2n) is 9.28. The molecule has 38 heavy (non-hydrogen) atoms. The van der Waals surface area contributed by atoms with Crippen LogP contribution in [0.25, 0.3) is 0 Å². The minimum absolute atomic E-state index is 0.0160. The van der Waals surface area contributed by atoms with Crippen molar-refractivity contribution in [1.29, 1.82) is 0 Å². The Kier molecular flexibility index (Phi) is 9.21. The molecule has 3 N–H and O–H groups in total. The van der Waals surface area contributed by atoms with Crippen molar-refractivity contribution in [2.75, 3.05) is 23.4 Å². The van der Waals surface area contributed by atoms with E-state index in [0.717, 1.165) is 23.6 Å². The molecule has 0 fully saturated rings. The number of hydrogen-bond acceptors (Lipinski definition) is 7. The van der Waals surface area contributed by atoms with E-state index in [1.165, 1.54) is 7.11 Å². The molecule has 0 atom stereocenters. The zero-order valence-electron chi connectivity index (χ0n) is 21.9. The summed E-state index contributed by atoms with van der Waals surface area (Å²) in [6.07, 6.45) is -2.85. The van der Waals surface area contributed by atoms with Crippen molar-refractivity contribution in [2.24, 2.45) is 0 Å². The summed E-state index contributed by atoms with van der Waals surface area (Å²) in [6, 6.07) is 10.9. The minimum Gasteiger partial charge on any atom is -0.495 e. The third-order valence-corrected chi connectivity index (χ3v) is 6.18. The first kappa shape index (κ1) is 29.2. The number of benzene rings is 2. The van der Waals surface area contributed by atoms with Crippen LogP contribution in [0.15, 0.2) is 42.6 Å². The Morgan fingerprint density at radius 3 is 2.42 bits per heavy atom. The van der Waals surface area contributed by atoms with Crippen LogP contribution >= 0.6 is 0 Å². The third-order valence-electron chi connectivity index (χ3n) is 5.59. The fraction of sp³-hybridized carbons (Fsp3) is 0.385. The maximum atomic E-state index is 13.8. The number of methoxy groups -OCH3 is 1. The number of ether oxygens (including phenoxy) is 1. The fourth-order valence-corrected chi connectivity index (χ4v) is 4.34. The van der Waals surface area contributed by atoms with Crippen molar-refractivity contribution in [1.82, 2.24) is 15.3 Å². The highest BCUT2D eigenvalue weighted by Gasteiger charge is 2.35. The molecule has 0 spiro atoms. The summed E-state index contributed by atoms with van der Waals surface area (Å²) in [7, 11) is -2.07. The minimum atomic E-state index is -4.66. The lowest BCUT2D eigenvalue weighted by molar-refractivity contribution is -0.138. The van der Waals surface area contributed by atoms with Crippen LogP contribution in [0.5, 0.6) is 5.75 Å². The molecule has 0 unspecified atom stereocenters. The molecule has 3 aromatic rings. The Labute approximate surface area is 221 Å². The average molecular weight is 552 g/mol. The van der Waals surface area contributed by atoms with Crippen molar-refractivity contribution < 1.29 is 26.3 Å². The second-order valence-corrected chi connectivity index (χ2v) is 11.0. The molecule has 0 bridgehead atoms. The summed E-state index contributed by atoms with van der Waals surface area (Å²) in [5, 5.41) is 6.27. The molecule has 0 saturated heterocycles. The van der Waals surface area contributed by atoms with Gasteiger partial charge in [0.25, 0.3) is 0 Å². The highest BCUT2D eigenvalue weighted by Crippen LogP contribution is 2.33. The molecule has 0 radical (unpaired) electrons. The number of sulfonamides is 1. The molecule has 0 aliphatic heterocycles. The van der Waals surface area contributed by atoms with Crippen molar-refractivity contribution in [3.63, 3.8) is 0 Å². The summed E-state index contributed by atoms with van der Waals surface area (Å²) >= 11 is 0. The predicted octanol–water partition coefficient (Wildman–Crippen LogP) is 5.21. The van der Waals surface area contributed by atoms with Gasteiger partial charge in [0.2, 0.25) is 16.0 Å². The summed E-state index contributed by atoms with van der Waals surface area (Å²) in [6.45, 7) is 6.50. The van der Waals surface area contributed by atoms with Gasteiger partial charge in [-0.25, -0.2) is 18.4 Å². The number of alkyl halides is 3. The molecule has 206 valence electrons. The van der Waals surface area contributed by atoms with Gasteiger partial charge in [0.15, 0.2) is 0 Å². The largest absolute Gasteiger partial charge is 0.495 e. The number of anilines is 3. The summed E-state index contributed by atoms with van der Waals surface area (Å²) in [5.41, 5.74) is 2.01. The molecular weight excluding hydrogens is 519 g/mol. The van der Waals surface area contributed by atoms with E-state index in [1.54, 1.807) is 31.2 Å². The first-order chi connectivity index (χ1) is 17.7. The Morgan fingerprint density at radius 1 is 1.05 bits per heavy atom. The van der Waals surface area contributed by atoms with Gasteiger partial charge < -0.3 is 15.4 Å². The summed E-state index contributed by atoms with van der Waals surface area (Å²) in [5.74, 6) is 0.479. The van der Waals surface area contributed by atoms with Gasteiger partial charge in [0.1, 0.15) is 5.75 Å². The molecule has 2 aromatic carbocycles. The predicted molar refractivity (Wildman–Crippen MR) is 142 cm³/mol. The van der Waals surface area contributed by atoms with E-state index in [1.807, 2.05) is 26.0 Å². The van der Waals surface area contributed by atoms with Crippen molar-refractivity contribution >= 4 is 27.3 Å². The van der Waals surface area contributed by atoms with Crippen LogP contribution in [0, 0.1) is 6.92 Å². The number of hydrogen-bond donors (Lipinski definition) is 3. The average Bonchev–Trinajstić information content (AvgIpc) is 2.81. The van der Waals surface area contributed by atoms with E-state index in [-0.39, 0.29) is 24.5 Å². The topological polar surface area (TPSA) is 105 Å². The molecule has 1 heterocycles. The monoisotopic (exact) mass is 551 g/mol. The highest BCUT2D eigenvalue weighted by molar-refractivity contribution is 7.92. The molecular formula is C26H32F3N5O3S. The third kappa shape index (κ3) is 8.32. The van der Waals surface area contributed by atoms with Crippen LogP contribution in [-0.4, -0.2) is 37.8 Å². The number of nitrogens with zero attached hydrogens (tertiary/aromatic N) is 2. The Hall–Kier alpha value is -3.38. The zero-order chi connectivity index (χ0) is 28.1. The lowest BCUT2D eigenvalue weighted by Gasteiger charge is -2.16. The molecule has 0 amide bonds. The van der Waals surface area contributed by atoms with Crippen LogP contribution in [0.3, 0.4) is 0 Å². The van der Waals surface area contributed by atoms with E-state index >= 15 is 0 Å². The van der Waals surface area contributed by atoms with E-state index in [9.17, 15) is 21.6 Å². The van der Waals surface area contributed by atoms with Crippen molar-refractivity contribution in [2.45, 2.75) is 52.4 Å². The van der Waals surface area contributed by atoms with Crippen LogP contribution in [-0.2, 0) is 35.6 Å². The van der Waals surface area contributed by atoms with Gasteiger partial charge in [-0.3, -0.25) is 4.72 Å². The van der Waals surface area contributed by atoms with Gasteiger partial charge >= 0.3 is 6.18 Å². The highest BCUT2D eigenvalue weighted by atomic mass is 32.2. The SMILES string of the molecule is COc1cc(CNC(C)C)ccc1Nc1ncc(C(F)(F)F)c(CCc2ccc(C)cc2NS(C)(=O)=O)n1. The molecule has 0 saturated carbocycles. The first-order valence-corrected chi connectivity index (χ1v) is 13.8. The zero-order valence-corrected chi connectivity index (χ0v) is 22.7. The molecule has 1 aromatic heterocycles. The number of aromatic nitrogens is 2. The Bertz CT molecular complexity index is 1380. The van der Waals surface area contributed by atoms with Gasteiger partial charge in [-0.05, 0) is 54.7 Å². The standard InChI is InChI=1S/C26H32F3N5O3S/c1-16(2)30-14-18-7-10-22(24(13-18)37-4)33-25-31-15-20(26(27,28)29)21(32-25)11-9-19-8-6-17(3)12-23(19)34-38(5,35)36/h6-8,10,12-13,15-16,30,34H,9,11,14H2,1-5H3,(H,31,32,33). The van der Waals surface area contributed by atoms with E-state index in [4.69, 9.17) is 4.74 Å². The lowest BCUT2D eigenvalue weighted by atomic mass is 10.0. The van der Waals surface area contributed by atoms with Gasteiger partial charge in [0, 0.05) is 18.8 Å². The number of aryl methyl sites for hydroxylation is 3. The smallest absolute Gasteiger partial charge is 0.419 e. The van der Waals surface area contributed by atoms with Crippen LogP contribution in [0.1, 0.15) is 41.8 Å². The molecule has 3 rings (SSSR count). The quantitative estimate of drug-likeness (QED) is 0.300. The van der Waals surface area contributed by atoms with Gasteiger partial charge in [0.05, 0.1) is 36.0 Å². The first-order valence-electron chi connectivity index (χ1n) is 11.9. The van der Waals surface area contributed by atoms with E-state index in [2.05, 4.69) is 25.3 Å². The second kappa shape index (κ2) is 12.0. The Morgan fingerprint density at radius 2 is 1.79 bits per heavy atom. The van der Waals surface area contributed by atoms with E-state index in [0.29, 0.717) is 35.3 Å². The summed E-state index contributed by atoms with van der Waals surface area (Å²) < 4.78 is 72.7. The molecule has 0 aliphatic carbocycles. The lowest BCUT2D eigenvalue weighted by Crippen LogP contribution is -2.21. The molecule has 0 aliphatic rings. The maximum absolute atomic E-state index is 13.8. The fourth-order valence-electron chi connectivity index (χ4n) is 3.75. The maximum Gasteiger partial charge on any atom is 0.419 e. The number of nitrogens with one attached hydrogen (secondary N) is 3. The summed E-state index contributed by atoms with van der Waals surface area (Å²) in [4.78, 5) is 8.07. The van der Waals surface area contributed by atoms with Gasteiger partial charge in [-0.1, -0.05) is 32.0 Å². The van der Waals surface area contributed by atoms with Crippen molar-refractivity contribution in [3.05, 3.63) is 70.5 Å². The van der Waals surface area contributed by atoms with Crippen LogP contribution in [0.4, 0.5) is 30.5 Å². The van der Waals surface area contributed by atoms with Crippen LogP contribution in [0.2, 0.25) is 0 Å².